The number of hydrogen-bond acceptors (Lipinski definition) is 5. The van der Waals surface area contributed by atoms with Crippen molar-refractivity contribution in [3.8, 4) is 0 Å². The van der Waals surface area contributed by atoms with E-state index in [4.69, 9.17) is 10.6 Å². The Morgan fingerprint density at radius 1 is 1.55 bits per heavy atom. The van der Waals surface area contributed by atoms with Gasteiger partial charge in [-0.1, -0.05) is 0 Å². The molecule has 1 aliphatic heterocycles. The molecule has 0 aromatic heterocycles. The molecule has 0 aromatic carbocycles. The summed E-state index contributed by atoms with van der Waals surface area (Å²) in [6.45, 7) is 2.66. The van der Waals surface area contributed by atoms with E-state index in [2.05, 4.69) is 4.84 Å². The maximum Gasteiger partial charge on any atom is 0.187 e. The molecule has 0 amide bonds. The average Bonchev–Trinajstić information content (AvgIpc) is 2.09. The van der Waals surface area contributed by atoms with E-state index >= 15 is 0 Å². The number of ether oxygens (including phenoxy) is 1. The van der Waals surface area contributed by atoms with Crippen LogP contribution in [0.5, 0.6) is 0 Å². The second-order valence-electron chi connectivity index (χ2n) is 2.31. The minimum absolute atomic E-state index is 0.612. The Balaban J connectivity index is 2.35. The molecule has 64 valence electrons. The monoisotopic (exact) mass is 160 g/mol. The van der Waals surface area contributed by atoms with Crippen molar-refractivity contribution in [2.24, 2.45) is 5.90 Å². The second-order valence-corrected chi connectivity index (χ2v) is 2.31. The summed E-state index contributed by atoms with van der Waals surface area (Å²) in [4.78, 5) is 16.6. The van der Waals surface area contributed by atoms with Crippen molar-refractivity contribution in [3.63, 3.8) is 0 Å². The molecule has 0 aromatic rings. The fraction of sp³-hybridized carbons (Fsp3) is 0.833. The molecule has 1 saturated heterocycles. The van der Waals surface area contributed by atoms with Crippen molar-refractivity contribution in [2.75, 3.05) is 26.3 Å². The van der Waals surface area contributed by atoms with E-state index < -0.39 is 6.23 Å². The second kappa shape index (κ2) is 4.40. The number of hydrogen-bond donors (Lipinski definition) is 1. The van der Waals surface area contributed by atoms with Crippen LogP contribution in [0.4, 0.5) is 0 Å². The standard InChI is InChI=1S/C6H12N2O3/c7-11-6(5-9)8-1-3-10-4-2-8/h5-6H,1-4,7H2. The molecule has 2 N–H and O–H groups in total. The topological polar surface area (TPSA) is 64.8 Å². The Morgan fingerprint density at radius 3 is 2.64 bits per heavy atom. The van der Waals surface area contributed by atoms with E-state index in [-0.39, 0.29) is 0 Å². The average molecular weight is 160 g/mol. The number of carbonyl (C=O) groups is 1. The van der Waals surface area contributed by atoms with Crippen molar-refractivity contribution >= 4 is 6.29 Å². The fourth-order valence-corrected chi connectivity index (χ4v) is 1.04. The van der Waals surface area contributed by atoms with Gasteiger partial charge in [0.05, 0.1) is 13.2 Å². The highest BCUT2D eigenvalue weighted by Crippen LogP contribution is 2.00. The number of rotatable bonds is 3. The van der Waals surface area contributed by atoms with Crippen LogP contribution in [0.15, 0.2) is 0 Å². The van der Waals surface area contributed by atoms with Crippen LogP contribution >= 0.6 is 0 Å². The zero-order valence-corrected chi connectivity index (χ0v) is 6.23. The maximum atomic E-state index is 10.3. The first kappa shape index (κ1) is 8.61. The van der Waals surface area contributed by atoms with Crippen LogP contribution in [0.25, 0.3) is 0 Å². The van der Waals surface area contributed by atoms with Gasteiger partial charge in [-0.2, -0.15) is 0 Å². The predicted molar refractivity (Wildman–Crippen MR) is 37.5 cm³/mol. The third-order valence-electron chi connectivity index (χ3n) is 1.66. The first-order valence-corrected chi connectivity index (χ1v) is 3.51. The molecule has 0 spiro atoms. The van der Waals surface area contributed by atoms with Crippen molar-refractivity contribution in [3.05, 3.63) is 0 Å². The maximum absolute atomic E-state index is 10.3. The summed E-state index contributed by atoms with van der Waals surface area (Å²) in [6, 6.07) is 0. The highest BCUT2D eigenvalue weighted by atomic mass is 16.6. The summed E-state index contributed by atoms with van der Waals surface area (Å²) in [5, 5.41) is 0. The summed E-state index contributed by atoms with van der Waals surface area (Å²) in [5.41, 5.74) is 0. The van der Waals surface area contributed by atoms with Crippen molar-refractivity contribution in [2.45, 2.75) is 6.23 Å². The van der Waals surface area contributed by atoms with Gasteiger partial charge in [0.15, 0.2) is 12.5 Å². The molecule has 1 unspecified atom stereocenters. The highest BCUT2D eigenvalue weighted by Gasteiger charge is 2.19. The van der Waals surface area contributed by atoms with Crippen LogP contribution in [0, 0.1) is 0 Å². The van der Waals surface area contributed by atoms with Gasteiger partial charge >= 0.3 is 0 Å². The molecule has 0 radical (unpaired) electrons. The van der Waals surface area contributed by atoms with Gasteiger partial charge in [0.25, 0.3) is 0 Å². The van der Waals surface area contributed by atoms with E-state index in [1.807, 2.05) is 4.90 Å². The Bertz CT molecular complexity index is 125. The summed E-state index contributed by atoms with van der Waals surface area (Å²) < 4.78 is 5.08. The van der Waals surface area contributed by atoms with Crippen LogP contribution in [0.2, 0.25) is 0 Å². The number of nitrogens with two attached hydrogens (primary N) is 1. The van der Waals surface area contributed by atoms with Crippen molar-refractivity contribution < 1.29 is 14.4 Å². The summed E-state index contributed by atoms with van der Waals surface area (Å²) in [7, 11) is 0. The van der Waals surface area contributed by atoms with E-state index in [1.165, 1.54) is 0 Å². The van der Waals surface area contributed by atoms with E-state index in [0.29, 0.717) is 32.6 Å². The van der Waals surface area contributed by atoms with Crippen LogP contribution in [0.1, 0.15) is 0 Å². The molecule has 0 bridgehead atoms. The number of aldehydes is 1. The van der Waals surface area contributed by atoms with Gasteiger partial charge in [0, 0.05) is 13.1 Å². The smallest absolute Gasteiger partial charge is 0.187 e. The zero-order valence-electron chi connectivity index (χ0n) is 6.23. The molecule has 5 nitrogen and oxygen atoms in total. The Morgan fingerprint density at radius 2 is 2.18 bits per heavy atom. The van der Waals surface area contributed by atoms with Gasteiger partial charge in [0.1, 0.15) is 0 Å². The van der Waals surface area contributed by atoms with E-state index in [1.54, 1.807) is 0 Å². The molecular formula is C6H12N2O3. The highest BCUT2D eigenvalue weighted by molar-refractivity contribution is 5.55. The number of carbonyl (C=O) groups excluding carboxylic acids is 1. The van der Waals surface area contributed by atoms with E-state index in [9.17, 15) is 4.79 Å². The SMILES string of the molecule is NOC(C=O)N1CCOCC1. The van der Waals surface area contributed by atoms with Crippen LogP contribution in [0.3, 0.4) is 0 Å². The Labute approximate surface area is 65.0 Å². The predicted octanol–water partition coefficient (Wildman–Crippen LogP) is -1.27. The molecular weight excluding hydrogens is 148 g/mol. The van der Waals surface area contributed by atoms with Gasteiger partial charge in [-0.3, -0.25) is 14.5 Å². The minimum atomic E-state index is -0.612. The summed E-state index contributed by atoms with van der Waals surface area (Å²) in [6.07, 6.45) is 0.0737. The number of morpholine rings is 1. The molecule has 1 heterocycles. The first-order valence-electron chi connectivity index (χ1n) is 3.51. The Kier molecular flexibility index (Phi) is 3.44. The third-order valence-corrected chi connectivity index (χ3v) is 1.66. The molecule has 1 aliphatic rings. The van der Waals surface area contributed by atoms with Gasteiger partial charge in [-0.05, 0) is 0 Å². The molecule has 1 atom stereocenters. The Hall–Kier alpha value is -0.490. The lowest BCUT2D eigenvalue weighted by molar-refractivity contribution is -0.138. The van der Waals surface area contributed by atoms with Gasteiger partial charge in [-0.15, -0.1) is 0 Å². The number of nitrogens with zero attached hydrogens (tertiary/aromatic N) is 1. The lowest BCUT2D eigenvalue weighted by Gasteiger charge is -2.29. The molecule has 0 saturated carbocycles. The molecule has 1 rings (SSSR count). The molecule has 0 aliphatic carbocycles. The normalized spacial score (nSPS) is 23.0. The van der Waals surface area contributed by atoms with Crippen molar-refractivity contribution in [1.29, 1.82) is 0 Å². The molecule has 11 heavy (non-hydrogen) atoms. The summed E-state index contributed by atoms with van der Waals surface area (Å²) >= 11 is 0. The minimum Gasteiger partial charge on any atom is -0.379 e. The van der Waals surface area contributed by atoms with Gasteiger partial charge < -0.3 is 4.74 Å². The van der Waals surface area contributed by atoms with Crippen molar-refractivity contribution in [1.82, 2.24) is 4.90 Å². The zero-order chi connectivity index (χ0) is 8.10. The molecule has 1 fully saturated rings. The van der Waals surface area contributed by atoms with Gasteiger partial charge in [0.2, 0.25) is 0 Å². The summed E-state index contributed by atoms with van der Waals surface area (Å²) in [5.74, 6) is 4.90. The van der Waals surface area contributed by atoms with E-state index in [0.717, 1.165) is 0 Å². The largest absolute Gasteiger partial charge is 0.379 e. The molecule has 5 heteroatoms. The third kappa shape index (κ3) is 2.23. The first-order chi connectivity index (χ1) is 5.38. The van der Waals surface area contributed by atoms with Crippen LogP contribution in [-0.2, 0) is 14.4 Å². The quantitative estimate of drug-likeness (QED) is 0.412. The fourth-order valence-electron chi connectivity index (χ4n) is 1.04. The van der Waals surface area contributed by atoms with Crippen LogP contribution < -0.4 is 5.90 Å². The van der Waals surface area contributed by atoms with Gasteiger partial charge in [-0.25, -0.2) is 5.90 Å². The lowest BCUT2D eigenvalue weighted by atomic mass is 10.4. The van der Waals surface area contributed by atoms with Crippen LogP contribution in [-0.4, -0.2) is 43.7 Å². The lowest BCUT2D eigenvalue weighted by Crippen LogP contribution is -2.46.